The zero-order valence-corrected chi connectivity index (χ0v) is 14.9. The summed E-state index contributed by atoms with van der Waals surface area (Å²) in [5, 5.41) is 4.72. The van der Waals surface area contributed by atoms with Crippen LogP contribution in [0.3, 0.4) is 0 Å². The van der Waals surface area contributed by atoms with Crippen molar-refractivity contribution in [3.63, 3.8) is 0 Å². The molecule has 2 heterocycles. The Hall–Kier alpha value is -1.85. The van der Waals surface area contributed by atoms with Gasteiger partial charge < -0.3 is 4.57 Å². The van der Waals surface area contributed by atoms with E-state index >= 15 is 0 Å². The third-order valence-electron chi connectivity index (χ3n) is 3.68. The number of hydrogen-bond donors (Lipinski definition) is 0. The lowest BCUT2D eigenvalue weighted by molar-refractivity contribution is -0.668. The molecule has 2 aromatic heterocycles. The van der Waals surface area contributed by atoms with E-state index in [4.69, 9.17) is 0 Å². The number of rotatable bonds is 5. The Labute approximate surface area is 144 Å². The first-order valence-electron chi connectivity index (χ1n) is 7.47. The van der Waals surface area contributed by atoms with Crippen LogP contribution in [0.4, 0.5) is 0 Å². The summed E-state index contributed by atoms with van der Waals surface area (Å²) in [6.07, 6.45) is 8.56. The molecule has 23 heavy (non-hydrogen) atoms. The zero-order chi connectivity index (χ0) is 16.2. The normalized spacial score (nSPS) is 11.6. The highest BCUT2D eigenvalue weighted by Crippen LogP contribution is 2.24. The van der Waals surface area contributed by atoms with Gasteiger partial charge in [-0.15, -0.1) is 0 Å². The second-order valence-electron chi connectivity index (χ2n) is 5.32. The molecule has 0 saturated carbocycles. The van der Waals surface area contributed by atoms with Crippen LogP contribution in [0.5, 0.6) is 0 Å². The van der Waals surface area contributed by atoms with Crippen molar-refractivity contribution >= 4 is 51.3 Å². The molecule has 0 spiro atoms. The number of para-hydroxylation sites is 1. The second-order valence-corrected chi connectivity index (χ2v) is 7.52. The molecular formula is C18H19N2OS2+. The molecular weight excluding hydrogens is 324 g/mol. The molecule has 0 aliphatic carbocycles. The molecule has 3 nitrogen and oxygen atoms in total. The Morgan fingerprint density at radius 2 is 2.17 bits per heavy atom. The minimum absolute atomic E-state index is 0.173. The van der Waals surface area contributed by atoms with Crippen LogP contribution in [-0.4, -0.2) is 15.4 Å². The minimum Gasteiger partial charge on any atom is -0.346 e. The summed E-state index contributed by atoms with van der Waals surface area (Å²) >= 11 is 3.10. The Kier molecular flexibility index (Phi) is 4.98. The molecule has 0 unspecified atom stereocenters. The molecule has 3 rings (SSSR count). The number of aryl methyl sites for hydroxylation is 2. The fourth-order valence-corrected chi connectivity index (χ4v) is 3.88. The molecule has 0 aliphatic heterocycles. The molecule has 0 atom stereocenters. The smallest absolute Gasteiger partial charge is 0.261 e. The standard InChI is InChI=1S/C18H19N2OS2/c1-14(21)22-12-10-20-13-15(16-5-3-4-6-17(16)20)7-8-18-19(2)9-11-23-18/h3-9,11,13H,10,12H2,1-2H3/q+1. The molecule has 3 aromatic rings. The van der Waals surface area contributed by atoms with Crippen molar-refractivity contribution in [1.82, 2.24) is 4.57 Å². The maximum absolute atomic E-state index is 11.1. The van der Waals surface area contributed by atoms with E-state index in [9.17, 15) is 4.79 Å². The van der Waals surface area contributed by atoms with Gasteiger partial charge in [-0.25, -0.2) is 0 Å². The highest BCUT2D eigenvalue weighted by atomic mass is 32.2. The van der Waals surface area contributed by atoms with Crippen molar-refractivity contribution in [3.8, 4) is 0 Å². The van der Waals surface area contributed by atoms with Gasteiger partial charge >= 0.3 is 0 Å². The number of thioether (sulfide) groups is 1. The largest absolute Gasteiger partial charge is 0.346 e. The fourth-order valence-electron chi connectivity index (χ4n) is 2.55. The molecule has 0 N–H and O–H groups in total. The third kappa shape index (κ3) is 3.74. The molecule has 0 bridgehead atoms. The van der Waals surface area contributed by atoms with Crippen LogP contribution in [0.15, 0.2) is 42.0 Å². The Morgan fingerprint density at radius 1 is 1.35 bits per heavy atom. The van der Waals surface area contributed by atoms with E-state index in [0.717, 1.165) is 12.3 Å². The van der Waals surface area contributed by atoms with Gasteiger partial charge in [0.15, 0.2) is 11.3 Å². The van der Waals surface area contributed by atoms with E-state index in [1.807, 2.05) is 0 Å². The van der Waals surface area contributed by atoms with Crippen molar-refractivity contribution in [3.05, 3.63) is 52.6 Å². The van der Waals surface area contributed by atoms with Gasteiger partial charge in [-0.2, -0.15) is 4.57 Å². The van der Waals surface area contributed by atoms with Gasteiger partial charge in [-0.05, 0) is 12.1 Å². The Bertz CT molecular complexity index is 861. The van der Waals surface area contributed by atoms with Crippen LogP contribution in [0.1, 0.15) is 17.5 Å². The SMILES string of the molecule is CC(=O)SCCn1cc(/C=C/c2scc[n+]2C)c2ccccc21. The third-order valence-corrected chi connectivity index (χ3v) is 5.40. The molecule has 1 aromatic carbocycles. The maximum Gasteiger partial charge on any atom is 0.261 e. The lowest BCUT2D eigenvalue weighted by Gasteiger charge is -2.03. The average molecular weight is 343 g/mol. The van der Waals surface area contributed by atoms with Crippen LogP contribution < -0.4 is 4.57 Å². The topological polar surface area (TPSA) is 25.9 Å². The quantitative estimate of drug-likeness (QED) is 0.655. The number of benzene rings is 1. The van der Waals surface area contributed by atoms with E-state index in [2.05, 4.69) is 70.4 Å². The van der Waals surface area contributed by atoms with Crippen molar-refractivity contribution in [1.29, 1.82) is 0 Å². The van der Waals surface area contributed by atoms with Crippen molar-refractivity contribution in [2.75, 3.05) is 5.75 Å². The molecule has 5 heteroatoms. The summed E-state index contributed by atoms with van der Waals surface area (Å²) < 4.78 is 4.35. The van der Waals surface area contributed by atoms with E-state index in [1.54, 1.807) is 18.3 Å². The van der Waals surface area contributed by atoms with Crippen LogP contribution in [0, 0.1) is 0 Å². The first-order chi connectivity index (χ1) is 11.1. The predicted molar refractivity (Wildman–Crippen MR) is 99.5 cm³/mol. The second kappa shape index (κ2) is 7.15. The highest BCUT2D eigenvalue weighted by Gasteiger charge is 2.08. The van der Waals surface area contributed by atoms with Gasteiger partial charge in [0, 0.05) is 48.0 Å². The van der Waals surface area contributed by atoms with Crippen molar-refractivity contribution in [2.45, 2.75) is 13.5 Å². The summed E-state index contributed by atoms with van der Waals surface area (Å²) in [7, 11) is 2.05. The van der Waals surface area contributed by atoms with E-state index in [1.165, 1.54) is 33.2 Å². The summed E-state index contributed by atoms with van der Waals surface area (Å²) in [6, 6.07) is 8.41. The van der Waals surface area contributed by atoms with Gasteiger partial charge in [0.05, 0.1) is 5.38 Å². The lowest BCUT2D eigenvalue weighted by Crippen LogP contribution is -2.26. The Balaban J connectivity index is 1.90. The van der Waals surface area contributed by atoms with Crippen LogP contribution in [0.2, 0.25) is 0 Å². The fraction of sp³-hybridized carbons (Fsp3) is 0.222. The first-order valence-corrected chi connectivity index (χ1v) is 9.34. The summed E-state index contributed by atoms with van der Waals surface area (Å²) in [5.41, 5.74) is 2.42. The first kappa shape index (κ1) is 16.0. The predicted octanol–water partition coefficient (Wildman–Crippen LogP) is 3.98. The average Bonchev–Trinajstić information content (AvgIpc) is 3.09. The maximum atomic E-state index is 11.1. The van der Waals surface area contributed by atoms with E-state index in [0.29, 0.717) is 0 Å². The highest BCUT2D eigenvalue weighted by molar-refractivity contribution is 8.13. The molecule has 0 amide bonds. The number of thiazole rings is 1. The number of carbonyl (C=O) groups excluding carboxylic acids is 1. The van der Waals surface area contributed by atoms with Crippen LogP contribution >= 0.6 is 23.1 Å². The number of aromatic nitrogens is 2. The molecule has 0 radical (unpaired) electrons. The number of hydrogen-bond acceptors (Lipinski definition) is 3. The zero-order valence-electron chi connectivity index (χ0n) is 13.2. The summed E-state index contributed by atoms with van der Waals surface area (Å²) in [5.74, 6) is 0.803. The van der Waals surface area contributed by atoms with Gasteiger partial charge in [0.1, 0.15) is 7.05 Å². The van der Waals surface area contributed by atoms with Gasteiger partial charge in [-0.1, -0.05) is 41.3 Å². The monoisotopic (exact) mass is 343 g/mol. The molecule has 118 valence electrons. The van der Waals surface area contributed by atoms with Gasteiger partial charge in [0.2, 0.25) is 0 Å². The van der Waals surface area contributed by atoms with Crippen molar-refractivity contribution in [2.24, 2.45) is 7.05 Å². The van der Waals surface area contributed by atoms with Gasteiger partial charge in [0.25, 0.3) is 5.01 Å². The molecule has 0 saturated heterocycles. The molecule has 0 fully saturated rings. The number of nitrogens with zero attached hydrogens (tertiary/aromatic N) is 2. The van der Waals surface area contributed by atoms with Crippen LogP contribution in [-0.2, 0) is 18.4 Å². The van der Waals surface area contributed by atoms with Crippen molar-refractivity contribution < 1.29 is 9.36 Å². The minimum atomic E-state index is 0.173. The number of carbonyl (C=O) groups is 1. The van der Waals surface area contributed by atoms with Crippen LogP contribution in [0.25, 0.3) is 23.1 Å². The van der Waals surface area contributed by atoms with Gasteiger partial charge in [-0.3, -0.25) is 4.79 Å². The van der Waals surface area contributed by atoms with E-state index < -0.39 is 0 Å². The number of fused-ring (bicyclic) bond motifs is 1. The van der Waals surface area contributed by atoms with E-state index in [-0.39, 0.29) is 5.12 Å². The Morgan fingerprint density at radius 3 is 2.91 bits per heavy atom. The summed E-state index contributed by atoms with van der Waals surface area (Å²) in [6.45, 7) is 2.46. The summed E-state index contributed by atoms with van der Waals surface area (Å²) in [4.78, 5) is 11.1. The lowest BCUT2D eigenvalue weighted by atomic mass is 10.1. The molecule has 0 aliphatic rings.